The van der Waals surface area contributed by atoms with Gasteiger partial charge in [-0.3, -0.25) is 4.79 Å². The lowest BCUT2D eigenvalue weighted by Crippen LogP contribution is -2.22. The molecule has 0 saturated heterocycles. The van der Waals surface area contributed by atoms with E-state index in [0.29, 0.717) is 11.4 Å². The van der Waals surface area contributed by atoms with Crippen molar-refractivity contribution in [2.75, 3.05) is 26.5 Å². The molecule has 0 aliphatic carbocycles. The second-order valence-electron chi connectivity index (χ2n) is 5.36. The van der Waals surface area contributed by atoms with E-state index in [4.69, 9.17) is 4.74 Å². The van der Waals surface area contributed by atoms with Crippen molar-refractivity contribution < 1.29 is 17.9 Å². The number of hydrogen-bond donors (Lipinski definition) is 1. The molecular formula is C17H20N2O4S. The van der Waals surface area contributed by atoms with Gasteiger partial charge in [0.25, 0.3) is 0 Å². The molecule has 0 fully saturated rings. The molecule has 2 rings (SSSR count). The summed E-state index contributed by atoms with van der Waals surface area (Å²) in [4.78, 5) is 12.3. The van der Waals surface area contributed by atoms with Crippen molar-refractivity contribution in [3.63, 3.8) is 0 Å². The van der Waals surface area contributed by atoms with E-state index in [2.05, 4.69) is 5.32 Å². The Kier molecular flexibility index (Phi) is 5.58. The van der Waals surface area contributed by atoms with Gasteiger partial charge in [-0.2, -0.15) is 0 Å². The summed E-state index contributed by atoms with van der Waals surface area (Å²) in [5, 5.41) is 2.78. The lowest BCUT2D eigenvalue weighted by molar-refractivity contribution is -0.115. The van der Waals surface area contributed by atoms with Crippen LogP contribution in [0.3, 0.4) is 0 Å². The van der Waals surface area contributed by atoms with Gasteiger partial charge in [-0.05, 0) is 29.8 Å². The Morgan fingerprint density at radius 3 is 2.29 bits per heavy atom. The van der Waals surface area contributed by atoms with Crippen LogP contribution in [0.1, 0.15) is 5.56 Å². The Balaban J connectivity index is 2.07. The van der Waals surface area contributed by atoms with E-state index in [-0.39, 0.29) is 17.2 Å². The number of carbonyl (C=O) groups is 1. The van der Waals surface area contributed by atoms with Gasteiger partial charge in [0.15, 0.2) is 0 Å². The molecule has 24 heavy (non-hydrogen) atoms. The van der Waals surface area contributed by atoms with Gasteiger partial charge in [-0.25, -0.2) is 12.7 Å². The fourth-order valence-corrected chi connectivity index (χ4v) is 3.02. The normalized spacial score (nSPS) is 11.3. The smallest absolute Gasteiger partial charge is 0.242 e. The van der Waals surface area contributed by atoms with Gasteiger partial charge in [0.1, 0.15) is 5.75 Å². The third kappa shape index (κ3) is 4.12. The second-order valence-corrected chi connectivity index (χ2v) is 7.51. The first-order valence-corrected chi connectivity index (χ1v) is 8.73. The molecule has 0 atom stereocenters. The van der Waals surface area contributed by atoms with Crippen molar-refractivity contribution >= 4 is 21.6 Å². The van der Waals surface area contributed by atoms with Crippen molar-refractivity contribution in [2.45, 2.75) is 11.3 Å². The molecule has 0 saturated carbocycles. The molecule has 2 aromatic rings. The summed E-state index contributed by atoms with van der Waals surface area (Å²) in [6.07, 6.45) is 0.139. The third-order valence-corrected chi connectivity index (χ3v) is 5.28. The summed E-state index contributed by atoms with van der Waals surface area (Å²) < 4.78 is 30.4. The minimum Gasteiger partial charge on any atom is -0.495 e. The van der Waals surface area contributed by atoms with Crippen LogP contribution in [0.15, 0.2) is 53.4 Å². The summed E-state index contributed by atoms with van der Waals surface area (Å²) in [6, 6.07) is 13.4. The number of hydrogen-bond acceptors (Lipinski definition) is 4. The van der Waals surface area contributed by atoms with E-state index in [1.165, 1.54) is 33.3 Å². The van der Waals surface area contributed by atoms with Crippen LogP contribution < -0.4 is 10.1 Å². The van der Waals surface area contributed by atoms with Crippen LogP contribution in [0.5, 0.6) is 5.75 Å². The molecule has 0 aromatic heterocycles. The van der Waals surface area contributed by atoms with E-state index in [1.807, 2.05) is 6.07 Å². The number of benzene rings is 2. The van der Waals surface area contributed by atoms with Gasteiger partial charge in [-0.1, -0.05) is 24.3 Å². The minimum atomic E-state index is -3.46. The molecule has 2 aromatic carbocycles. The maximum atomic E-state index is 12.1. The highest BCUT2D eigenvalue weighted by atomic mass is 32.2. The van der Waals surface area contributed by atoms with Gasteiger partial charge < -0.3 is 10.1 Å². The fourth-order valence-electron chi connectivity index (χ4n) is 2.12. The molecule has 0 aliphatic heterocycles. The molecule has 1 N–H and O–H groups in total. The molecule has 0 heterocycles. The highest BCUT2D eigenvalue weighted by Gasteiger charge is 2.17. The first kappa shape index (κ1) is 18.0. The van der Waals surface area contributed by atoms with Crippen molar-refractivity contribution in [3.05, 3.63) is 54.1 Å². The Bertz CT molecular complexity index is 815. The summed E-state index contributed by atoms with van der Waals surface area (Å²) in [5.74, 6) is 0.376. The van der Waals surface area contributed by atoms with Crippen molar-refractivity contribution in [3.8, 4) is 5.75 Å². The molecule has 7 heteroatoms. The summed E-state index contributed by atoms with van der Waals surface area (Å²) in [5.41, 5.74) is 1.32. The van der Waals surface area contributed by atoms with Crippen LogP contribution in [0.4, 0.5) is 5.69 Å². The number of nitrogens with zero attached hydrogens (tertiary/aromatic N) is 1. The molecule has 0 unspecified atom stereocenters. The summed E-state index contributed by atoms with van der Waals surface area (Å²) in [6.45, 7) is 0. The number of ether oxygens (including phenoxy) is 1. The number of sulfonamides is 1. The lowest BCUT2D eigenvalue weighted by Gasteiger charge is -2.12. The molecule has 0 spiro atoms. The van der Waals surface area contributed by atoms with Crippen LogP contribution in [0, 0.1) is 0 Å². The van der Waals surface area contributed by atoms with Gasteiger partial charge in [0, 0.05) is 14.1 Å². The molecule has 0 aliphatic rings. The number of anilines is 1. The largest absolute Gasteiger partial charge is 0.495 e. The highest BCUT2D eigenvalue weighted by molar-refractivity contribution is 7.89. The number of nitrogens with one attached hydrogen (secondary N) is 1. The maximum absolute atomic E-state index is 12.1. The van der Waals surface area contributed by atoms with E-state index in [0.717, 1.165) is 9.87 Å². The van der Waals surface area contributed by atoms with E-state index in [1.54, 1.807) is 30.3 Å². The Morgan fingerprint density at radius 2 is 1.71 bits per heavy atom. The topological polar surface area (TPSA) is 75.7 Å². The Morgan fingerprint density at radius 1 is 1.08 bits per heavy atom. The molecular weight excluding hydrogens is 328 g/mol. The highest BCUT2D eigenvalue weighted by Crippen LogP contribution is 2.23. The van der Waals surface area contributed by atoms with E-state index >= 15 is 0 Å². The van der Waals surface area contributed by atoms with Gasteiger partial charge in [0.05, 0.1) is 24.1 Å². The zero-order valence-electron chi connectivity index (χ0n) is 13.8. The molecule has 0 radical (unpaired) electrons. The lowest BCUT2D eigenvalue weighted by atomic mass is 10.1. The van der Waals surface area contributed by atoms with E-state index in [9.17, 15) is 13.2 Å². The van der Waals surface area contributed by atoms with Crippen LogP contribution in [0.2, 0.25) is 0 Å². The molecule has 6 nitrogen and oxygen atoms in total. The van der Waals surface area contributed by atoms with Crippen molar-refractivity contribution in [2.24, 2.45) is 0 Å². The van der Waals surface area contributed by atoms with Gasteiger partial charge >= 0.3 is 0 Å². The zero-order chi connectivity index (χ0) is 17.7. The van der Waals surface area contributed by atoms with Crippen LogP contribution in [-0.2, 0) is 21.2 Å². The quantitative estimate of drug-likeness (QED) is 0.868. The number of methoxy groups -OCH3 is 1. The zero-order valence-corrected chi connectivity index (χ0v) is 14.6. The predicted molar refractivity (Wildman–Crippen MR) is 92.6 cm³/mol. The molecule has 128 valence electrons. The van der Waals surface area contributed by atoms with Crippen LogP contribution in [-0.4, -0.2) is 39.8 Å². The van der Waals surface area contributed by atoms with Crippen molar-refractivity contribution in [1.29, 1.82) is 0 Å². The summed E-state index contributed by atoms with van der Waals surface area (Å²) in [7, 11) is 1.03. The van der Waals surface area contributed by atoms with Crippen LogP contribution in [0.25, 0.3) is 0 Å². The monoisotopic (exact) mass is 348 g/mol. The summed E-state index contributed by atoms with van der Waals surface area (Å²) >= 11 is 0. The SMILES string of the molecule is COc1ccccc1NC(=O)Cc1ccc(S(=O)(=O)N(C)C)cc1. The first-order chi connectivity index (χ1) is 11.3. The van der Waals surface area contributed by atoms with Gasteiger partial charge in [0.2, 0.25) is 15.9 Å². The average molecular weight is 348 g/mol. The number of rotatable bonds is 6. The third-order valence-electron chi connectivity index (χ3n) is 3.45. The maximum Gasteiger partial charge on any atom is 0.242 e. The molecule has 1 amide bonds. The first-order valence-electron chi connectivity index (χ1n) is 7.29. The second kappa shape index (κ2) is 7.46. The van der Waals surface area contributed by atoms with Crippen LogP contribution >= 0.6 is 0 Å². The Hall–Kier alpha value is -2.38. The number of para-hydroxylation sites is 2. The number of amides is 1. The standard InChI is InChI=1S/C17H20N2O4S/c1-19(2)24(21,22)14-10-8-13(9-11-14)12-17(20)18-15-6-4-5-7-16(15)23-3/h4-11H,12H2,1-3H3,(H,18,20). The average Bonchev–Trinajstić information content (AvgIpc) is 2.55. The minimum absolute atomic E-state index is 0.139. The fraction of sp³-hybridized carbons (Fsp3) is 0.235. The van der Waals surface area contributed by atoms with Gasteiger partial charge in [-0.15, -0.1) is 0 Å². The van der Waals surface area contributed by atoms with E-state index < -0.39 is 10.0 Å². The van der Waals surface area contributed by atoms with Crippen molar-refractivity contribution in [1.82, 2.24) is 4.31 Å². The molecule has 0 bridgehead atoms. The Labute approximate surface area is 142 Å². The number of carbonyl (C=O) groups excluding carboxylic acids is 1. The predicted octanol–water partition coefficient (Wildman–Crippen LogP) is 2.13.